The van der Waals surface area contributed by atoms with E-state index in [0.29, 0.717) is 17.7 Å². The first-order valence-corrected chi connectivity index (χ1v) is 5.70. The molecule has 0 atom stereocenters. The van der Waals surface area contributed by atoms with Gasteiger partial charge in [0.25, 0.3) is 0 Å². The normalized spacial score (nSPS) is 20.5. The molecule has 19 heavy (non-hydrogen) atoms. The zero-order valence-corrected chi connectivity index (χ0v) is 10.1. The highest BCUT2D eigenvalue weighted by Gasteiger charge is 2.08. The summed E-state index contributed by atoms with van der Waals surface area (Å²) in [4.78, 5) is 16.9. The largest absolute Gasteiger partial charge is 0.439 e. The van der Waals surface area contributed by atoms with Crippen LogP contribution in [0.4, 0.5) is 0 Å². The summed E-state index contributed by atoms with van der Waals surface area (Å²) < 4.78 is 5.61. The van der Waals surface area contributed by atoms with Gasteiger partial charge in [-0.1, -0.05) is 5.73 Å². The third-order valence-corrected chi connectivity index (χ3v) is 2.58. The molecule has 3 heterocycles. The molecule has 5 nitrogen and oxygen atoms in total. The van der Waals surface area contributed by atoms with Gasteiger partial charge < -0.3 is 4.74 Å². The van der Waals surface area contributed by atoms with Crippen LogP contribution in [0.15, 0.2) is 75.2 Å². The minimum absolute atomic E-state index is 0.284. The number of allylic oxidation sites excluding steroid dienone is 1. The highest BCUT2D eigenvalue weighted by molar-refractivity contribution is 5.81. The fourth-order valence-corrected chi connectivity index (χ4v) is 1.71. The molecule has 1 aromatic heterocycles. The molecule has 2 aliphatic heterocycles. The van der Waals surface area contributed by atoms with Gasteiger partial charge in [-0.3, -0.25) is 15.0 Å². The minimum Gasteiger partial charge on any atom is -0.439 e. The molecule has 0 N–H and O–H groups in total. The second kappa shape index (κ2) is 4.84. The highest BCUT2D eigenvalue weighted by Crippen LogP contribution is 2.13. The average Bonchev–Trinajstić information content (AvgIpc) is 2.59. The Morgan fingerprint density at radius 3 is 3.21 bits per heavy atom. The molecule has 2 aliphatic rings. The monoisotopic (exact) mass is 250 g/mol. The van der Waals surface area contributed by atoms with Gasteiger partial charge in [0.2, 0.25) is 5.88 Å². The maximum atomic E-state index is 5.61. The molecule has 0 fully saturated rings. The van der Waals surface area contributed by atoms with Crippen molar-refractivity contribution in [1.29, 1.82) is 0 Å². The Balaban J connectivity index is 2.18. The number of hydrogen-bond donors (Lipinski definition) is 0. The van der Waals surface area contributed by atoms with Crippen LogP contribution in [-0.4, -0.2) is 17.7 Å². The SMILES string of the molecule is C=C1/N=c2/cncc/c2=N/CC2=C(C=C=CN=C2)O1. The summed E-state index contributed by atoms with van der Waals surface area (Å²) in [6, 6.07) is 1.81. The Bertz CT molecular complexity index is 780. The first-order valence-electron chi connectivity index (χ1n) is 5.70. The van der Waals surface area contributed by atoms with Crippen molar-refractivity contribution in [2.24, 2.45) is 15.0 Å². The van der Waals surface area contributed by atoms with Gasteiger partial charge in [-0.25, -0.2) is 4.99 Å². The zero-order chi connectivity index (χ0) is 13.1. The van der Waals surface area contributed by atoms with Crippen molar-refractivity contribution in [1.82, 2.24) is 4.98 Å². The van der Waals surface area contributed by atoms with E-state index in [-0.39, 0.29) is 5.88 Å². The molecular formula is C14H10N4O. The summed E-state index contributed by atoms with van der Waals surface area (Å²) in [6.45, 7) is 4.23. The van der Waals surface area contributed by atoms with Gasteiger partial charge in [-0.05, 0) is 12.6 Å². The number of hydrogen-bond acceptors (Lipinski definition) is 5. The number of ether oxygens (including phenoxy) is 1. The smallest absolute Gasteiger partial charge is 0.212 e. The topological polar surface area (TPSA) is 59.2 Å². The number of rotatable bonds is 0. The molecule has 0 aliphatic carbocycles. The summed E-state index contributed by atoms with van der Waals surface area (Å²) in [5.41, 5.74) is 3.74. The lowest BCUT2D eigenvalue weighted by Gasteiger charge is -2.06. The third-order valence-electron chi connectivity index (χ3n) is 2.58. The molecule has 0 spiro atoms. The molecule has 0 radical (unpaired) electrons. The third kappa shape index (κ3) is 2.41. The summed E-state index contributed by atoms with van der Waals surface area (Å²) in [7, 11) is 0. The number of aliphatic imine (C=N–C) groups is 1. The van der Waals surface area contributed by atoms with Crippen molar-refractivity contribution in [2.45, 2.75) is 0 Å². The number of fused-ring (bicyclic) bond motifs is 1. The Labute approximate surface area is 109 Å². The van der Waals surface area contributed by atoms with Crippen molar-refractivity contribution in [3.05, 3.63) is 71.0 Å². The molecule has 0 amide bonds. The van der Waals surface area contributed by atoms with Crippen LogP contribution in [-0.2, 0) is 4.74 Å². The average molecular weight is 250 g/mol. The van der Waals surface area contributed by atoms with Gasteiger partial charge in [-0.2, -0.15) is 0 Å². The first kappa shape index (κ1) is 11.3. The molecule has 0 bridgehead atoms. The van der Waals surface area contributed by atoms with Crippen LogP contribution in [0.3, 0.4) is 0 Å². The van der Waals surface area contributed by atoms with Crippen molar-refractivity contribution in [2.75, 3.05) is 6.54 Å². The van der Waals surface area contributed by atoms with Crippen LogP contribution in [0, 0.1) is 0 Å². The standard InChI is InChI=1S/C14H10N4O/c1-10-18-13-9-16-6-4-12(13)17-8-11-7-15-5-2-3-14(11)19-10/h3-7,9H,1,8H2/b17-12-,18-13-. The van der Waals surface area contributed by atoms with Crippen LogP contribution in [0.2, 0.25) is 0 Å². The lowest BCUT2D eigenvalue weighted by atomic mass is 10.2. The fourth-order valence-electron chi connectivity index (χ4n) is 1.71. The summed E-state index contributed by atoms with van der Waals surface area (Å²) in [5, 5.41) is 1.39. The molecule has 5 heteroatoms. The van der Waals surface area contributed by atoms with Crippen LogP contribution >= 0.6 is 0 Å². The van der Waals surface area contributed by atoms with Gasteiger partial charge in [0.1, 0.15) is 11.1 Å². The number of pyridine rings is 1. The summed E-state index contributed by atoms with van der Waals surface area (Å²) in [6.07, 6.45) is 8.28. The molecule has 92 valence electrons. The second-order valence-electron chi connectivity index (χ2n) is 3.90. The van der Waals surface area contributed by atoms with Crippen molar-refractivity contribution >= 4 is 6.21 Å². The van der Waals surface area contributed by atoms with E-state index in [9.17, 15) is 0 Å². The van der Waals surface area contributed by atoms with Gasteiger partial charge in [0, 0.05) is 24.1 Å². The second-order valence-corrected chi connectivity index (χ2v) is 3.90. The Morgan fingerprint density at radius 1 is 1.32 bits per heavy atom. The Hall–Kier alpha value is -2.78. The van der Waals surface area contributed by atoms with E-state index in [2.05, 4.69) is 32.3 Å². The van der Waals surface area contributed by atoms with Crippen molar-refractivity contribution in [3.63, 3.8) is 0 Å². The molecule has 3 rings (SSSR count). The van der Waals surface area contributed by atoms with E-state index in [0.717, 1.165) is 10.9 Å². The lowest BCUT2D eigenvalue weighted by molar-refractivity contribution is 0.314. The maximum absolute atomic E-state index is 5.61. The van der Waals surface area contributed by atoms with Crippen LogP contribution in [0.1, 0.15) is 0 Å². The van der Waals surface area contributed by atoms with Gasteiger partial charge in [0.05, 0.1) is 24.3 Å². The van der Waals surface area contributed by atoms with Gasteiger partial charge in [0.15, 0.2) is 0 Å². The zero-order valence-electron chi connectivity index (χ0n) is 10.1. The van der Waals surface area contributed by atoms with E-state index in [4.69, 9.17) is 4.74 Å². The van der Waals surface area contributed by atoms with Crippen LogP contribution < -0.4 is 10.7 Å². The highest BCUT2D eigenvalue weighted by atomic mass is 16.5. The van der Waals surface area contributed by atoms with E-state index in [1.54, 1.807) is 37.0 Å². The van der Waals surface area contributed by atoms with Gasteiger partial charge in [-0.15, -0.1) is 0 Å². The molecule has 0 aromatic carbocycles. The van der Waals surface area contributed by atoms with Crippen LogP contribution in [0.5, 0.6) is 0 Å². The van der Waals surface area contributed by atoms with E-state index in [1.807, 2.05) is 0 Å². The maximum Gasteiger partial charge on any atom is 0.212 e. The van der Waals surface area contributed by atoms with E-state index in [1.165, 1.54) is 0 Å². The van der Waals surface area contributed by atoms with E-state index < -0.39 is 0 Å². The summed E-state index contributed by atoms with van der Waals surface area (Å²) >= 11 is 0. The molecule has 0 saturated carbocycles. The molecule has 0 unspecified atom stereocenters. The van der Waals surface area contributed by atoms with Crippen LogP contribution in [0.25, 0.3) is 0 Å². The van der Waals surface area contributed by atoms with Gasteiger partial charge >= 0.3 is 0 Å². The quantitative estimate of drug-likeness (QED) is 0.640. The lowest BCUT2D eigenvalue weighted by Crippen LogP contribution is -2.26. The Morgan fingerprint density at radius 2 is 2.26 bits per heavy atom. The predicted octanol–water partition coefficient (Wildman–Crippen LogP) is 0.830. The van der Waals surface area contributed by atoms with E-state index >= 15 is 0 Å². The molecule has 0 saturated heterocycles. The number of nitrogens with zero attached hydrogens (tertiary/aromatic N) is 4. The summed E-state index contributed by atoms with van der Waals surface area (Å²) in [5.74, 6) is 0.892. The molecular weight excluding hydrogens is 240 g/mol. The first-order chi connectivity index (χ1) is 9.33. The minimum atomic E-state index is 0.284. The molecule has 1 aromatic rings. The Kier molecular flexibility index (Phi) is 2.88. The van der Waals surface area contributed by atoms with Crippen molar-refractivity contribution in [3.8, 4) is 0 Å². The fraction of sp³-hybridized carbons (Fsp3) is 0.0714. The number of aromatic nitrogens is 1. The van der Waals surface area contributed by atoms with Crippen molar-refractivity contribution < 1.29 is 4.74 Å². The predicted molar refractivity (Wildman–Crippen MR) is 69.8 cm³/mol.